The van der Waals surface area contributed by atoms with Crippen LogP contribution in [-0.2, 0) is 36.3 Å². The Balaban J connectivity index is 1.85. The molecule has 5 unspecified atom stereocenters. The molecule has 7 N–H and O–H groups in total. The number of carbonyl (C=O) groups is 1. The average Bonchev–Trinajstić information content (AvgIpc) is 3.45. The molecule has 1 radical (unpaired) electrons. The number of carbonyl (C=O) groups excluding carboxylic acids is 1. The standard InChI is InChI=1S/C18H25BIN5O13P3S2/c1-10(43-42-2)35-12-6-14(36-13(12)8-34-40(30,31)38-41(32,33)37-39(27,28)29)25-7-11(4-3-5-22-18(26)19-20)15-16(21)23-9-24-17(15)25/h7,9-10,12-14H,5-6,8H2,1-2H3,(H,22,26)(H,30,31)(H,32,33)(H2,21,23,24)(H2,27,28,29)/t10-,12?,13?,14?/m1/s1. The Morgan fingerprint density at radius 1 is 1.30 bits per heavy atom. The molecule has 1 saturated heterocycles. The van der Waals surface area contributed by atoms with Crippen molar-refractivity contribution >= 4 is 95.2 Å². The first-order chi connectivity index (χ1) is 20.0. The summed E-state index contributed by atoms with van der Waals surface area (Å²) in [7, 11) is -13.8. The SMILES string of the molecule is CSS[C@H](C)OC1CC(n2cc(C#CCNC(=O)[B]I)c3c(N)ncnc32)OC1COP(=O)(O)OP(=O)(O)OP(=O)(O)O. The largest absolute Gasteiger partial charge is 0.490 e. The predicted molar refractivity (Wildman–Crippen MR) is 166 cm³/mol. The molecule has 0 aliphatic carbocycles. The van der Waals surface area contributed by atoms with Gasteiger partial charge in [0.1, 0.15) is 35.6 Å². The number of ether oxygens (including phenoxy) is 2. The van der Waals surface area contributed by atoms with Gasteiger partial charge in [0.25, 0.3) is 0 Å². The quantitative estimate of drug-likeness (QED) is 0.0400. The molecule has 1 aliphatic rings. The van der Waals surface area contributed by atoms with Crippen molar-refractivity contribution in [2.24, 2.45) is 0 Å². The Kier molecular flexibility index (Phi) is 13.4. The van der Waals surface area contributed by atoms with Crippen LogP contribution in [0.15, 0.2) is 12.5 Å². The van der Waals surface area contributed by atoms with Crippen molar-refractivity contribution < 1.29 is 60.7 Å². The third-order valence-corrected chi connectivity index (χ3v) is 11.6. The lowest BCUT2D eigenvalue weighted by molar-refractivity contribution is -0.0616. The maximum absolute atomic E-state index is 12.3. The molecule has 0 bridgehead atoms. The van der Waals surface area contributed by atoms with Crippen LogP contribution in [0.5, 0.6) is 0 Å². The lowest BCUT2D eigenvalue weighted by atomic mass is 10.1. The van der Waals surface area contributed by atoms with E-state index in [0.29, 0.717) is 16.6 Å². The highest BCUT2D eigenvalue weighted by atomic mass is 127. The Morgan fingerprint density at radius 3 is 2.67 bits per heavy atom. The lowest BCUT2D eigenvalue weighted by Crippen LogP contribution is -2.30. The summed E-state index contributed by atoms with van der Waals surface area (Å²) >= 11 is 1.80. The van der Waals surface area contributed by atoms with Gasteiger partial charge in [-0.1, -0.05) is 33.4 Å². The minimum Gasteiger partial charge on any atom is -0.383 e. The number of anilines is 1. The number of nitrogen functional groups attached to an aromatic ring is 1. The van der Waals surface area contributed by atoms with E-state index in [0.717, 1.165) is 0 Å². The number of nitrogens with one attached hydrogen (secondary N) is 1. The summed E-state index contributed by atoms with van der Waals surface area (Å²) < 4.78 is 61.0. The van der Waals surface area contributed by atoms with Gasteiger partial charge >= 0.3 is 28.6 Å². The summed E-state index contributed by atoms with van der Waals surface area (Å²) in [6.07, 6.45) is 2.27. The number of hydrogen-bond acceptors (Lipinski definition) is 14. The second kappa shape index (κ2) is 15.7. The molecular formula is C18H25BIN5O13P3S2. The highest BCUT2D eigenvalue weighted by molar-refractivity contribution is 14.1. The van der Waals surface area contributed by atoms with Gasteiger partial charge in [-0.15, -0.1) is 22.4 Å². The van der Waals surface area contributed by atoms with Crippen molar-refractivity contribution in [1.82, 2.24) is 19.9 Å². The molecular weight excluding hydrogens is 789 g/mol. The van der Waals surface area contributed by atoms with E-state index in [1.807, 2.05) is 6.26 Å². The van der Waals surface area contributed by atoms with Crippen LogP contribution in [-0.4, -0.2) is 82.1 Å². The Hall–Kier alpha value is -0.725. The molecule has 0 spiro atoms. The fourth-order valence-electron chi connectivity index (χ4n) is 3.77. The van der Waals surface area contributed by atoms with E-state index in [4.69, 9.17) is 29.5 Å². The molecule has 3 rings (SSSR count). The summed E-state index contributed by atoms with van der Waals surface area (Å²) in [6, 6.07) is 0. The normalized spacial score (nSPS) is 22.3. The number of nitrogens with zero attached hydrogens (tertiary/aromatic N) is 3. The van der Waals surface area contributed by atoms with Crippen molar-refractivity contribution in [2.75, 3.05) is 25.1 Å². The number of rotatable bonds is 14. The van der Waals surface area contributed by atoms with Crippen molar-refractivity contribution in [3.63, 3.8) is 0 Å². The van der Waals surface area contributed by atoms with Crippen LogP contribution in [0.2, 0.25) is 0 Å². The predicted octanol–water partition coefficient (Wildman–Crippen LogP) is 2.50. The zero-order chi connectivity index (χ0) is 32.0. The highest BCUT2D eigenvalue weighted by Crippen LogP contribution is 2.66. The number of aromatic nitrogens is 3. The monoisotopic (exact) mass is 814 g/mol. The van der Waals surface area contributed by atoms with E-state index in [-0.39, 0.29) is 30.0 Å². The number of phosphoric ester groups is 1. The molecule has 25 heteroatoms. The van der Waals surface area contributed by atoms with Crippen LogP contribution in [0.1, 0.15) is 25.1 Å². The van der Waals surface area contributed by atoms with Gasteiger partial charge < -0.3 is 44.7 Å². The zero-order valence-corrected chi connectivity index (χ0v) is 28.6. The van der Waals surface area contributed by atoms with Crippen molar-refractivity contribution in [3.8, 4) is 11.8 Å². The van der Waals surface area contributed by atoms with E-state index in [2.05, 4.69) is 35.7 Å². The lowest BCUT2D eigenvalue weighted by Gasteiger charge is -2.23. The van der Waals surface area contributed by atoms with E-state index in [1.54, 1.807) is 40.1 Å². The Labute approximate surface area is 266 Å². The van der Waals surface area contributed by atoms with Crippen LogP contribution in [0.4, 0.5) is 10.6 Å². The number of phosphoric acid groups is 3. The molecule has 2 aromatic rings. The molecule has 1 aliphatic heterocycles. The van der Waals surface area contributed by atoms with Crippen LogP contribution in [0.25, 0.3) is 11.0 Å². The third kappa shape index (κ3) is 11.2. The van der Waals surface area contributed by atoms with Gasteiger partial charge in [0.15, 0.2) is 5.81 Å². The van der Waals surface area contributed by atoms with E-state index >= 15 is 0 Å². The molecule has 1 fully saturated rings. The third-order valence-electron chi connectivity index (χ3n) is 5.22. The minimum atomic E-state index is -5.70. The number of amides is 1. The first kappa shape index (κ1) is 36.7. The molecule has 0 saturated carbocycles. The first-order valence-corrected chi connectivity index (χ1v) is 20.0. The summed E-state index contributed by atoms with van der Waals surface area (Å²) in [5.74, 6) is 5.58. The van der Waals surface area contributed by atoms with Gasteiger partial charge in [0.2, 0.25) is 0 Å². The minimum absolute atomic E-state index is 0.0577. The van der Waals surface area contributed by atoms with Crippen LogP contribution >= 0.6 is 67.4 Å². The number of nitrogens with two attached hydrogens (primary N) is 1. The van der Waals surface area contributed by atoms with E-state index in [1.165, 1.54) is 33.1 Å². The van der Waals surface area contributed by atoms with Gasteiger partial charge in [-0.3, -0.25) is 9.32 Å². The van der Waals surface area contributed by atoms with Crippen molar-refractivity contribution in [3.05, 3.63) is 18.1 Å². The number of fused-ring (bicyclic) bond motifs is 1. The molecule has 6 atom stereocenters. The summed E-state index contributed by atoms with van der Waals surface area (Å²) in [5.41, 5.74) is 6.53. The van der Waals surface area contributed by atoms with Gasteiger partial charge in [0, 0.05) is 12.6 Å². The molecule has 237 valence electrons. The van der Waals surface area contributed by atoms with Crippen LogP contribution < -0.4 is 11.1 Å². The fourth-order valence-corrected chi connectivity index (χ4v) is 8.43. The zero-order valence-electron chi connectivity index (χ0n) is 22.1. The maximum atomic E-state index is 12.3. The van der Waals surface area contributed by atoms with Crippen LogP contribution in [0.3, 0.4) is 0 Å². The summed E-state index contributed by atoms with van der Waals surface area (Å²) in [4.78, 5) is 56.6. The fraction of sp³-hybridized carbons (Fsp3) is 0.500. The second-order valence-corrected chi connectivity index (χ2v) is 16.1. The molecule has 18 nitrogen and oxygen atoms in total. The van der Waals surface area contributed by atoms with Gasteiger partial charge in [-0.2, -0.15) is 8.62 Å². The molecule has 43 heavy (non-hydrogen) atoms. The molecule has 2 aromatic heterocycles. The topological polar surface area (TPSA) is 264 Å². The smallest absolute Gasteiger partial charge is 0.383 e. The second-order valence-electron chi connectivity index (χ2n) is 8.29. The average molecular weight is 814 g/mol. The Bertz CT molecular complexity index is 1520. The Morgan fingerprint density at radius 2 is 2.02 bits per heavy atom. The molecule has 1 amide bonds. The number of halogens is 1. The van der Waals surface area contributed by atoms with Crippen molar-refractivity contribution in [2.45, 2.75) is 37.2 Å². The first-order valence-electron chi connectivity index (χ1n) is 11.6. The van der Waals surface area contributed by atoms with E-state index in [9.17, 15) is 28.3 Å². The van der Waals surface area contributed by atoms with Gasteiger partial charge in [0.05, 0.1) is 30.2 Å². The maximum Gasteiger partial charge on any atom is 0.490 e. The van der Waals surface area contributed by atoms with Crippen LogP contribution in [0, 0.1) is 11.8 Å². The van der Waals surface area contributed by atoms with Crippen molar-refractivity contribution in [1.29, 1.82) is 0 Å². The van der Waals surface area contributed by atoms with E-state index < -0.39 is 48.5 Å². The van der Waals surface area contributed by atoms with Gasteiger partial charge in [-0.25, -0.2) is 23.7 Å². The molecule has 3 heterocycles. The summed E-state index contributed by atoms with van der Waals surface area (Å²) in [6.45, 7) is 1.12. The summed E-state index contributed by atoms with van der Waals surface area (Å²) in [5, 5.41) is 4.33. The number of hydrogen-bond donors (Lipinski definition) is 6. The highest BCUT2D eigenvalue weighted by Gasteiger charge is 2.44. The van der Waals surface area contributed by atoms with Gasteiger partial charge in [-0.05, 0) is 13.2 Å². The molecule has 0 aromatic carbocycles.